The van der Waals surface area contributed by atoms with Crippen LogP contribution in [-0.4, -0.2) is 40.9 Å². The summed E-state index contributed by atoms with van der Waals surface area (Å²) in [4.78, 5) is 23.9. The van der Waals surface area contributed by atoms with E-state index in [1.54, 1.807) is 24.1 Å². The Bertz CT molecular complexity index is 1070. The van der Waals surface area contributed by atoms with Crippen molar-refractivity contribution < 1.29 is 22.4 Å². The number of alkyl halides is 3. The quantitative estimate of drug-likeness (QED) is 0.299. The van der Waals surface area contributed by atoms with Crippen molar-refractivity contribution in [3.63, 3.8) is 0 Å². The topological polar surface area (TPSA) is 62.5 Å². The van der Waals surface area contributed by atoms with Crippen LogP contribution in [0.2, 0.25) is 0 Å². The summed E-state index contributed by atoms with van der Waals surface area (Å²) < 4.78 is 45.6. The molecular formula is C23H25F3N4O2S. The van der Waals surface area contributed by atoms with Gasteiger partial charge in [-0.1, -0.05) is 42.1 Å². The minimum Gasteiger partial charge on any atom is -0.455 e. The van der Waals surface area contributed by atoms with Gasteiger partial charge in [-0.15, -0.1) is 0 Å². The average molecular weight is 479 g/mol. The number of hydrogen-bond acceptors (Lipinski definition) is 6. The summed E-state index contributed by atoms with van der Waals surface area (Å²) in [5.74, 6) is 0.742. The van der Waals surface area contributed by atoms with Crippen LogP contribution in [0.3, 0.4) is 0 Å². The molecule has 33 heavy (non-hydrogen) atoms. The largest absolute Gasteiger partial charge is 0.455 e. The van der Waals surface area contributed by atoms with Gasteiger partial charge in [0.05, 0.1) is 5.75 Å². The lowest BCUT2D eigenvalue weighted by Gasteiger charge is -2.21. The monoisotopic (exact) mass is 478 g/mol. The van der Waals surface area contributed by atoms with Gasteiger partial charge in [-0.25, -0.2) is 9.97 Å². The second kappa shape index (κ2) is 10.7. The minimum atomic E-state index is -4.58. The molecule has 0 N–H and O–H groups in total. The van der Waals surface area contributed by atoms with Crippen LogP contribution in [0.1, 0.15) is 41.4 Å². The third-order valence-corrected chi connectivity index (χ3v) is 5.76. The molecule has 6 nitrogen and oxygen atoms in total. The summed E-state index contributed by atoms with van der Waals surface area (Å²) in [6, 6.07) is 13.7. The minimum absolute atomic E-state index is 0.00260. The first-order valence-corrected chi connectivity index (χ1v) is 11.4. The van der Waals surface area contributed by atoms with E-state index in [-0.39, 0.29) is 28.4 Å². The molecule has 176 valence electrons. The summed E-state index contributed by atoms with van der Waals surface area (Å²) in [7, 11) is 1.68. The van der Waals surface area contributed by atoms with Gasteiger partial charge in [-0.05, 0) is 31.5 Å². The molecule has 0 bridgehead atoms. The summed E-state index contributed by atoms with van der Waals surface area (Å²) in [5.41, 5.74) is 0.00105. The van der Waals surface area contributed by atoms with E-state index in [1.165, 1.54) is 4.90 Å². The molecule has 1 amide bonds. The van der Waals surface area contributed by atoms with Crippen molar-refractivity contribution in [2.75, 3.05) is 25.0 Å². The maximum absolute atomic E-state index is 13.3. The Morgan fingerprint density at radius 2 is 1.76 bits per heavy atom. The number of thioether (sulfide) groups is 1. The number of nitrogens with zero attached hydrogens (tertiary/aromatic N) is 4. The number of aromatic nitrogens is 2. The van der Waals surface area contributed by atoms with Crippen molar-refractivity contribution >= 4 is 23.5 Å². The van der Waals surface area contributed by atoms with Crippen molar-refractivity contribution in [3.8, 4) is 0 Å². The molecule has 0 fully saturated rings. The SMILES string of the molecule is CCN(CC)c1cc(C(F)(F)F)nc(SCc2ccc(C(=O)N(C)Cc3ccccc3)o2)n1. The predicted octanol–water partition coefficient (Wildman–Crippen LogP) is 5.50. The van der Waals surface area contributed by atoms with Crippen LogP contribution in [0, 0.1) is 0 Å². The van der Waals surface area contributed by atoms with Crippen LogP contribution in [0.25, 0.3) is 0 Å². The highest BCUT2D eigenvalue weighted by Crippen LogP contribution is 2.32. The molecule has 0 radical (unpaired) electrons. The second-order valence-corrected chi connectivity index (χ2v) is 8.21. The van der Waals surface area contributed by atoms with E-state index in [9.17, 15) is 18.0 Å². The number of amides is 1. The number of carbonyl (C=O) groups is 1. The van der Waals surface area contributed by atoms with Crippen molar-refractivity contribution in [2.45, 2.75) is 37.5 Å². The van der Waals surface area contributed by atoms with Crippen LogP contribution < -0.4 is 4.90 Å². The van der Waals surface area contributed by atoms with Gasteiger partial charge in [0.2, 0.25) is 0 Å². The number of hydrogen-bond donors (Lipinski definition) is 0. The van der Waals surface area contributed by atoms with E-state index in [0.29, 0.717) is 25.4 Å². The van der Waals surface area contributed by atoms with Gasteiger partial charge in [0.25, 0.3) is 5.91 Å². The zero-order valence-corrected chi connectivity index (χ0v) is 19.4. The molecule has 3 aromatic rings. The van der Waals surface area contributed by atoms with Gasteiger partial charge in [-0.2, -0.15) is 13.2 Å². The first kappa shape index (κ1) is 24.6. The lowest BCUT2D eigenvalue weighted by Crippen LogP contribution is -2.25. The molecule has 3 rings (SSSR count). The zero-order chi connectivity index (χ0) is 24.0. The van der Waals surface area contributed by atoms with Gasteiger partial charge in [0.1, 0.15) is 11.6 Å². The highest BCUT2D eigenvalue weighted by atomic mass is 32.2. The molecule has 0 aliphatic carbocycles. The second-order valence-electron chi connectivity index (χ2n) is 7.27. The fraction of sp³-hybridized carbons (Fsp3) is 0.348. The Hall–Kier alpha value is -3.01. The van der Waals surface area contributed by atoms with Crippen LogP contribution >= 0.6 is 11.8 Å². The lowest BCUT2D eigenvalue weighted by molar-refractivity contribution is -0.141. The standard InChI is InChI=1S/C23H25F3N4O2S/c1-4-30(5-2)20-13-19(23(24,25)26)27-22(28-20)33-15-17-11-12-18(32-17)21(31)29(3)14-16-9-7-6-8-10-16/h6-13H,4-5,14-15H2,1-3H3. The number of benzene rings is 1. The van der Waals surface area contributed by atoms with Gasteiger partial charge in [0, 0.05) is 32.7 Å². The number of anilines is 1. The number of rotatable bonds is 9. The van der Waals surface area contributed by atoms with Crippen LogP contribution in [0.15, 0.2) is 58.1 Å². The average Bonchev–Trinajstić information content (AvgIpc) is 3.27. The number of furan rings is 1. The van der Waals surface area contributed by atoms with E-state index < -0.39 is 11.9 Å². The fourth-order valence-electron chi connectivity index (χ4n) is 3.16. The van der Waals surface area contributed by atoms with Gasteiger partial charge >= 0.3 is 6.18 Å². The molecule has 1 aromatic carbocycles. The molecule has 0 aliphatic heterocycles. The maximum Gasteiger partial charge on any atom is 0.433 e. The predicted molar refractivity (Wildman–Crippen MR) is 121 cm³/mol. The Balaban J connectivity index is 1.70. The van der Waals surface area contributed by atoms with Crippen molar-refractivity contribution in [2.24, 2.45) is 0 Å². The summed E-state index contributed by atoms with van der Waals surface area (Å²) in [5, 5.41) is -0.00260. The molecular weight excluding hydrogens is 453 g/mol. The molecule has 0 saturated carbocycles. The van der Waals surface area contributed by atoms with Gasteiger partial charge < -0.3 is 14.2 Å². The van der Waals surface area contributed by atoms with Crippen molar-refractivity contribution in [3.05, 3.63) is 71.3 Å². The molecule has 0 atom stereocenters. The first-order valence-electron chi connectivity index (χ1n) is 10.4. The van der Waals surface area contributed by atoms with Crippen LogP contribution in [0.4, 0.5) is 19.0 Å². The first-order chi connectivity index (χ1) is 15.7. The highest BCUT2D eigenvalue weighted by Gasteiger charge is 2.34. The van der Waals surface area contributed by atoms with E-state index in [2.05, 4.69) is 9.97 Å². The Kier molecular flexibility index (Phi) is 8.01. The Labute approximate surface area is 194 Å². The molecule has 2 aromatic heterocycles. The smallest absolute Gasteiger partial charge is 0.433 e. The molecule has 2 heterocycles. The fourth-order valence-corrected chi connectivity index (χ4v) is 3.90. The number of halogens is 3. The maximum atomic E-state index is 13.3. The Morgan fingerprint density at radius 1 is 1.06 bits per heavy atom. The van der Waals surface area contributed by atoms with E-state index in [4.69, 9.17) is 4.42 Å². The molecule has 0 spiro atoms. The third kappa shape index (κ3) is 6.50. The van der Waals surface area contributed by atoms with Gasteiger partial charge in [-0.3, -0.25) is 4.79 Å². The van der Waals surface area contributed by atoms with Crippen LogP contribution in [0.5, 0.6) is 0 Å². The summed E-state index contributed by atoms with van der Waals surface area (Å²) in [6.07, 6.45) is -4.58. The lowest BCUT2D eigenvalue weighted by atomic mass is 10.2. The Morgan fingerprint density at radius 3 is 2.39 bits per heavy atom. The van der Waals surface area contributed by atoms with E-state index in [1.807, 2.05) is 44.2 Å². The zero-order valence-electron chi connectivity index (χ0n) is 18.6. The summed E-state index contributed by atoms with van der Waals surface area (Å²) in [6.45, 7) is 5.17. The molecule has 0 saturated heterocycles. The van der Waals surface area contributed by atoms with E-state index in [0.717, 1.165) is 23.4 Å². The molecule has 0 aliphatic rings. The van der Waals surface area contributed by atoms with Crippen molar-refractivity contribution in [1.29, 1.82) is 0 Å². The molecule has 10 heteroatoms. The third-order valence-electron chi connectivity index (χ3n) is 4.90. The molecule has 0 unspecified atom stereocenters. The van der Waals surface area contributed by atoms with Crippen LogP contribution in [-0.2, 0) is 18.5 Å². The highest BCUT2D eigenvalue weighted by molar-refractivity contribution is 7.98. The number of carbonyl (C=O) groups excluding carboxylic acids is 1. The van der Waals surface area contributed by atoms with Gasteiger partial charge in [0.15, 0.2) is 16.6 Å². The van der Waals surface area contributed by atoms with E-state index >= 15 is 0 Å². The van der Waals surface area contributed by atoms with Crippen molar-refractivity contribution in [1.82, 2.24) is 14.9 Å². The summed E-state index contributed by atoms with van der Waals surface area (Å²) >= 11 is 1.02. The normalized spacial score (nSPS) is 11.5.